The molecule has 1 saturated carbocycles. The van der Waals surface area contributed by atoms with Crippen LogP contribution >= 0.6 is 0 Å². The van der Waals surface area contributed by atoms with Gasteiger partial charge in [0.05, 0.1) is 9.52 Å². The summed E-state index contributed by atoms with van der Waals surface area (Å²) < 4.78 is 0. The third-order valence-electron chi connectivity index (χ3n) is 4.32. The highest BCUT2D eigenvalue weighted by Crippen LogP contribution is 2.25. The summed E-state index contributed by atoms with van der Waals surface area (Å²) in [6.45, 7) is 2.10. The molecule has 0 spiro atoms. The molecule has 0 aromatic heterocycles. The van der Waals surface area contributed by atoms with E-state index in [1.54, 1.807) is 0 Å². The Hall–Kier alpha value is -1.61. The smallest absolute Gasteiger partial charge is 0.123 e. The Morgan fingerprint density at radius 3 is 2.71 bits per heavy atom. The Kier molecular flexibility index (Phi) is 4.39. The zero-order valence-electron chi connectivity index (χ0n) is 12.5. The highest BCUT2D eigenvalue weighted by molar-refractivity contribution is 6.54. The predicted molar refractivity (Wildman–Crippen MR) is 91.3 cm³/mol. The topological polar surface area (TPSA) is 32.6 Å². The molecule has 2 aromatic carbocycles. The quantitative estimate of drug-likeness (QED) is 0.680. The van der Waals surface area contributed by atoms with Gasteiger partial charge >= 0.3 is 0 Å². The van der Waals surface area contributed by atoms with Gasteiger partial charge < -0.3 is 5.11 Å². The molecule has 0 bridgehead atoms. The molecule has 2 aromatic rings. The third kappa shape index (κ3) is 3.03. The van der Waals surface area contributed by atoms with Crippen molar-refractivity contribution in [2.24, 2.45) is 4.99 Å². The highest BCUT2D eigenvalue weighted by atomic mass is 28.2. The third-order valence-corrected chi connectivity index (χ3v) is 5.24. The van der Waals surface area contributed by atoms with Crippen molar-refractivity contribution in [1.82, 2.24) is 0 Å². The Morgan fingerprint density at radius 2 is 1.95 bits per heavy atom. The van der Waals surface area contributed by atoms with E-state index in [9.17, 15) is 5.11 Å². The van der Waals surface area contributed by atoms with E-state index in [0.717, 1.165) is 16.1 Å². The minimum absolute atomic E-state index is 0.411. The van der Waals surface area contributed by atoms with Crippen LogP contribution in [0.1, 0.15) is 37.7 Å². The number of phenolic OH excluding ortho intramolecular Hbond substituents is 1. The summed E-state index contributed by atoms with van der Waals surface area (Å²) in [5.74, 6) is 0.411. The van der Waals surface area contributed by atoms with Gasteiger partial charge in [-0.05, 0) is 28.8 Å². The number of phenols is 1. The Morgan fingerprint density at radius 1 is 1.19 bits per heavy atom. The van der Waals surface area contributed by atoms with Gasteiger partial charge in [0.15, 0.2) is 0 Å². The van der Waals surface area contributed by atoms with E-state index in [1.807, 2.05) is 18.3 Å². The standard InChI is InChI=1S/C18H21NOSi/c1-21-17-11-13-7-5-6-10-15(13)16(18(17)20)12-19-14-8-3-2-4-9-14/h5-7,10-12,14,20H,2-4,8-9H2,1H3. The van der Waals surface area contributed by atoms with Crippen molar-refractivity contribution < 1.29 is 5.11 Å². The molecule has 108 valence electrons. The molecular weight excluding hydrogens is 274 g/mol. The first kappa shape index (κ1) is 14.3. The van der Waals surface area contributed by atoms with Crippen LogP contribution in [-0.2, 0) is 0 Å². The van der Waals surface area contributed by atoms with Gasteiger partial charge in [0.1, 0.15) is 5.75 Å². The van der Waals surface area contributed by atoms with Gasteiger partial charge in [-0.2, -0.15) is 0 Å². The molecular formula is C18H21NOSi. The molecule has 1 aliphatic carbocycles. The van der Waals surface area contributed by atoms with E-state index >= 15 is 0 Å². The van der Waals surface area contributed by atoms with E-state index in [4.69, 9.17) is 4.99 Å². The zero-order chi connectivity index (χ0) is 14.7. The second-order valence-corrected chi connectivity index (χ2v) is 6.77. The van der Waals surface area contributed by atoms with Crippen LogP contribution in [0.2, 0.25) is 6.55 Å². The Labute approximate surface area is 128 Å². The summed E-state index contributed by atoms with van der Waals surface area (Å²) in [6, 6.07) is 10.8. The van der Waals surface area contributed by atoms with Crippen molar-refractivity contribution >= 4 is 31.7 Å². The number of nitrogens with zero attached hydrogens (tertiary/aromatic N) is 1. The van der Waals surface area contributed by atoms with Gasteiger partial charge in [-0.1, -0.05) is 56.1 Å². The van der Waals surface area contributed by atoms with Crippen molar-refractivity contribution in [2.45, 2.75) is 44.7 Å². The van der Waals surface area contributed by atoms with Crippen molar-refractivity contribution in [3.63, 3.8) is 0 Å². The van der Waals surface area contributed by atoms with Crippen LogP contribution in [0.5, 0.6) is 5.75 Å². The highest BCUT2D eigenvalue weighted by Gasteiger charge is 2.13. The van der Waals surface area contributed by atoms with Crippen LogP contribution in [0.3, 0.4) is 0 Å². The van der Waals surface area contributed by atoms with Crippen LogP contribution < -0.4 is 5.19 Å². The lowest BCUT2D eigenvalue weighted by Gasteiger charge is -2.17. The molecule has 1 fully saturated rings. The van der Waals surface area contributed by atoms with Crippen LogP contribution in [0.25, 0.3) is 10.8 Å². The first-order valence-electron chi connectivity index (χ1n) is 7.75. The molecule has 0 heterocycles. The number of fused-ring (bicyclic) bond motifs is 1. The molecule has 2 nitrogen and oxygen atoms in total. The minimum atomic E-state index is 0.411. The first-order chi connectivity index (χ1) is 10.3. The summed E-state index contributed by atoms with van der Waals surface area (Å²) in [5, 5.41) is 13.8. The van der Waals surface area contributed by atoms with E-state index in [2.05, 4.69) is 24.7 Å². The predicted octanol–water partition coefficient (Wildman–Crippen LogP) is 3.67. The van der Waals surface area contributed by atoms with Crippen molar-refractivity contribution in [3.05, 3.63) is 35.9 Å². The average Bonchev–Trinajstić information content (AvgIpc) is 2.54. The fourth-order valence-electron chi connectivity index (χ4n) is 3.10. The summed E-state index contributed by atoms with van der Waals surface area (Å²) in [4.78, 5) is 4.76. The summed E-state index contributed by atoms with van der Waals surface area (Å²) in [6.07, 6.45) is 8.19. The monoisotopic (exact) mass is 295 g/mol. The minimum Gasteiger partial charge on any atom is -0.507 e. The van der Waals surface area contributed by atoms with Crippen LogP contribution in [0, 0.1) is 0 Å². The molecule has 0 unspecified atom stereocenters. The molecule has 0 atom stereocenters. The number of benzene rings is 2. The second-order valence-electron chi connectivity index (χ2n) is 5.73. The molecule has 1 aliphatic rings. The van der Waals surface area contributed by atoms with Crippen molar-refractivity contribution in [2.75, 3.05) is 0 Å². The molecule has 0 amide bonds. The van der Waals surface area contributed by atoms with Crippen LogP contribution in [-0.4, -0.2) is 26.9 Å². The molecule has 2 radical (unpaired) electrons. The van der Waals surface area contributed by atoms with Crippen LogP contribution in [0.4, 0.5) is 0 Å². The Bertz CT molecular complexity index is 660. The first-order valence-corrected chi connectivity index (χ1v) is 9.25. The molecule has 1 N–H and O–H groups in total. The lowest BCUT2D eigenvalue weighted by Crippen LogP contribution is -2.14. The molecule has 21 heavy (non-hydrogen) atoms. The number of hydrogen-bond acceptors (Lipinski definition) is 2. The van der Waals surface area contributed by atoms with Crippen molar-refractivity contribution in [3.8, 4) is 5.75 Å². The van der Waals surface area contributed by atoms with Gasteiger partial charge in [0.2, 0.25) is 0 Å². The maximum atomic E-state index is 10.5. The lowest BCUT2D eigenvalue weighted by molar-refractivity contribution is 0.444. The lowest BCUT2D eigenvalue weighted by atomic mass is 9.96. The number of aliphatic imine (C=N–C) groups is 1. The maximum Gasteiger partial charge on any atom is 0.123 e. The number of hydrogen-bond donors (Lipinski definition) is 1. The van der Waals surface area contributed by atoms with E-state index in [-0.39, 0.29) is 0 Å². The SMILES string of the molecule is C[Si]c1cc2ccccc2c(C=NC2CCCCC2)c1O. The second kappa shape index (κ2) is 6.44. The van der Waals surface area contributed by atoms with Crippen LogP contribution in [0.15, 0.2) is 35.3 Å². The van der Waals surface area contributed by atoms with Gasteiger partial charge in [-0.3, -0.25) is 4.99 Å². The molecule has 3 heteroatoms. The number of rotatable bonds is 3. The van der Waals surface area contributed by atoms with Gasteiger partial charge in [-0.15, -0.1) is 0 Å². The van der Waals surface area contributed by atoms with E-state index in [0.29, 0.717) is 21.3 Å². The Balaban J connectivity index is 2.02. The summed E-state index contributed by atoms with van der Waals surface area (Å²) >= 11 is 0. The average molecular weight is 295 g/mol. The van der Waals surface area contributed by atoms with Gasteiger partial charge in [0.25, 0.3) is 0 Å². The molecule has 3 rings (SSSR count). The van der Waals surface area contributed by atoms with Crippen molar-refractivity contribution in [1.29, 1.82) is 0 Å². The fourth-order valence-corrected chi connectivity index (χ4v) is 3.77. The summed E-state index contributed by atoms with van der Waals surface area (Å²) in [5.41, 5.74) is 0.892. The largest absolute Gasteiger partial charge is 0.507 e. The van der Waals surface area contributed by atoms with Gasteiger partial charge in [-0.25, -0.2) is 0 Å². The molecule has 0 saturated heterocycles. The van der Waals surface area contributed by atoms with Gasteiger partial charge in [0, 0.05) is 17.8 Å². The zero-order valence-corrected chi connectivity index (χ0v) is 13.5. The number of aromatic hydroxyl groups is 1. The molecule has 0 aliphatic heterocycles. The van der Waals surface area contributed by atoms with E-state index in [1.165, 1.54) is 37.5 Å². The maximum absolute atomic E-state index is 10.5. The fraction of sp³-hybridized carbons (Fsp3) is 0.389. The van der Waals surface area contributed by atoms with E-state index < -0.39 is 0 Å². The normalized spacial score (nSPS) is 16.8. The summed E-state index contributed by atoms with van der Waals surface area (Å²) in [7, 11) is 0.588.